The third-order valence-corrected chi connectivity index (χ3v) is 4.69. The highest BCUT2D eigenvalue weighted by Gasteiger charge is 2.20. The molecule has 0 spiro atoms. The maximum Gasteiger partial charge on any atom is 0.231 e. The molecule has 3 aromatic rings. The lowest BCUT2D eigenvalue weighted by molar-refractivity contribution is -0.115. The number of methoxy groups -OCH3 is 1. The van der Waals surface area contributed by atoms with Gasteiger partial charge in [-0.1, -0.05) is 18.2 Å². The van der Waals surface area contributed by atoms with Crippen LogP contribution < -0.4 is 10.1 Å². The lowest BCUT2D eigenvalue weighted by atomic mass is 10.0. The van der Waals surface area contributed by atoms with Crippen LogP contribution in [0.5, 0.6) is 5.75 Å². The van der Waals surface area contributed by atoms with Crippen molar-refractivity contribution in [2.75, 3.05) is 12.4 Å². The molecule has 0 aliphatic carbocycles. The van der Waals surface area contributed by atoms with Gasteiger partial charge in [0.15, 0.2) is 0 Å². The van der Waals surface area contributed by atoms with E-state index in [-0.39, 0.29) is 12.3 Å². The molecule has 130 valence electrons. The van der Waals surface area contributed by atoms with Crippen LogP contribution in [-0.2, 0) is 18.3 Å². The van der Waals surface area contributed by atoms with Gasteiger partial charge >= 0.3 is 0 Å². The molecule has 0 aliphatic heterocycles. The Hall–Kier alpha value is -2.67. The second-order valence-electron chi connectivity index (χ2n) is 5.72. The number of thiazole rings is 1. The fourth-order valence-electron chi connectivity index (χ4n) is 2.81. The van der Waals surface area contributed by atoms with Crippen LogP contribution in [0.2, 0.25) is 0 Å². The van der Waals surface area contributed by atoms with Crippen LogP contribution in [0.15, 0.2) is 29.6 Å². The van der Waals surface area contributed by atoms with E-state index in [1.807, 2.05) is 50.5 Å². The first kappa shape index (κ1) is 17.2. The number of ether oxygens (including phenoxy) is 1. The molecule has 0 saturated heterocycles. The number of aryl methyl sites for hydroxylation is 3. The van der Waals surface area contributed by atoms with Gasteiger partial charge in [0.25, 0.3) is 0 Å². The summed E-state index contributed by atoms with van der Waals surface area (Å²) < 4.78 is 7.15. The number of carbonyl (C=O) groups is 1. The van der Waals surface area contributed by atoms with Gasteiger partial charge in [0, 0.05) is 18.0 Å². The smallest absolute Gasteiger partial charge is 0.231 e. The zero-order chi connectivity index (χ0) is 18.0. The summed E-state index contributed by atoms with van der Waals surface area (Å²) in [6.07, 6.45) is 0.236. The normalized spacial score (nSPS) is 10.7. The number of rotatable bonds is 5. The van der Waals surface area contributed by atoms with Crippen LogP contribution in [0, 0.1) is 13.8 Å². The van der Waals surface area contributed by atoms with Gasteiger partial charge < -0.3 is 10.1 Å². The standard InChI is InChI=1S/C18H20N4O2S/c1-11-17(14-7-5-6-8-15(14)24-4)18(22(3)21-11)20-16(23)9-13-10-25-12(2)19-13/h5-8,10H,9H2,1-4H3,(H,20,23). The predicted octanol–water partition coefficient (Wildman–Crippen LogP) is 3.35. The highest BCUT2D eigenvalue weighted by molar-refractivity contribution is 7.09. The van der Waals surface area contributed by atoms with Crippen molar-refractivity contribution in [3.63, 3.8) is 0 Å². The highest BCUT2D eigenvalue weighted by Crippen LogP contribution is 2.37. The van der Waals surface area contributed by atoms with Crippen molar-refractivity contribution in [1.29, 1.82) is 0 Å². The van der Waals surface area contributed by atoms with Crippen molar-refractivity contribution in [2.45, 2.75) is 20.3 Å². The zero-order valence-corrected chi connectivity index (χ0v) is 15.5. The van der Waals surface area contributed by atoms with Crippen molar-refractivity contribution >= 4 is 23.1 Å². The minimum absolute atomic E-state index is 0.121. The van der Waals surface area contributed by atoms with Gasteiger partial charge in [-0.15, -0.1) is 11.3 Å². The Morgan fingerprint density at radius 1 is 1.32 bits per heavy atom. The van der Waals surface area contributed by atoms with Crippen LogP contribution in [0.3, 0.4) is 0 Å². The lowest BCUT2D eigenvalue weighted by Crippen LogP contribution is -2.17. The highest BCUT2D eigenvalue weighted by atomic mass is 32.1. The number of para-hydroxylation sites is 1. The lowest BCUT2D eigenvalue weighted by Gasteiger charge is -2.11. The number of hydrogen-bond acceptors (Lipinski definition) is 5. The van der Waals surface area contributed by atoms with Crippen molar-refractivity contribution in [1.82, 2.24) is 14.8 Å². The second kappa shape index (κ2) is 7.06. The summed E-state index contributed by atoms with van der Waals surface area (Å²) in [7, 11) is 3.45. The first-order valence-corrected chi connectivity index (χ1v) is 8.75. The first-order chi connectivity index (χ1) is 12.0. The number of carbonyl (C=O) groups excluding carboxylic acids is 1. The number of aromatic nitrogens is 3. The van der Waals surface area contributed by atoms with Crippen molar-refractivity contribution in [3.8, 4) is 16.9 Å². The molecule has 3 rings (SSSR count). The maximum atomic E-state index is 12.5. The molecular weight excluding hydrogens is 336 g/mol. The molecule has 2 heterocycles. The van der Waals surface area contributed by atoms with Gasteiger partial charge in [-0.05, 0) is 19.9 Å². The second-order valence-corrected chi connectivity index (χ2v) is 6.78. The van der Waals surface area contributed by atoms with Gasteiger partial charge in [0.2, 0.25) is 5.91 Å². The largest absolute Gasteiger partial charge is 0.496 e. The number of anilines is 1. The molecule has 6 nitrogen and oxygen atoms in total. The average molecular weight is 356 g/mol. The molecule has 0 saturated carbocycles. The summed E-state index contributed by atoms with van der Waals surface area (Å²) in [5.74, 6) is 1.27. The number of benzene rings is 1. The molecule has 1 N–H and O–H groups in total. The van der Waals surface area contributed by atoms with Crippen LogP contribution in [-0.4, -0.2) is 27.8 Å². The molecular formula is C18H20N4O2S. The Balaban J connectivity index is 1.93. The molecule has 0 aliphatic rings. The van der Waals surface area contributed by atoms with Gasteiger partial charge in [-0.25, -0.2) is 4.98 Å². The van der Waals surface area contributed by atoms with E-state index >= 15 is 0 Å². The predicted molar refractivity (Wildman–Crippen MR) is 99.1 cm³/mol. The van der Waals surface area contributed by atoms with Crippen LogP contribution in [0.4, 0.5) is 5.82 Å². The van der Waals surface area contributed by atoms with E-state index in [4.69, 9.17) is 4.74 Å². The summed E-state index contributed by atoms with van der Waals surface area (Å²) in [5, 5.41) is 10.3. The van der Waals surface area contributed by atoms with E-state index in [0.717, 1.165) is 33.3 Å². The Bertz CT molecular complexity index is 914. The van der Waals surface area contributed by atoms with E-state index < -0.39 is 0 Å². The summed E-state index contributed by atoms with van der Waals surface area (Å²) in [6, 6.07) is 7.71. The third kappa shape index (κ3) is 3.56. The van der Waals surface area contributed by atoms with Crippen molar-refractivity contribution in [2.24, 2.45) is 7.05 Å². The Kier molecular flexibility index (Phi) is 4.85. The Morgan fingerprint density at radius 2 is 2.08 bits per heavy atom. The summed E-state index contributed by atoms with van der Waals surface area (Å²) >= 11 is 1.54. The fraction of sp³-hybridized carbons (Fsp3) is 0.278. The third-order valence-electron chi connectivity index (χ3n) is 3.86. The summed E-state index contributed by atoms with van der Waals surface area (Å²) in [6.45, 7) is 3.84. The topological polar surface area (TPSA) is 69.0 Å². The molecule has 0 unspecified atom stereocenters. The number of amides is 1. The Morgan fingerprint density at radius 3 is 2.76 bits per heavy atom. The number of nitrogens with zero attached hydrogens (tertiary/aromatic N) is 3. The van der Waals surface area contributed by atoms with Crippen molar-refractivity contribution < 1.29 is 9.53 Å². The van der Waals surface area contributed by atoms with Crippen LogP contribution >= 0.6 is 11.3 Å². The van der Waals surface area contributed by atoms with Gasteiger partial charge in [-0.2, -0.15) is 5.10 Å². The molecule has 7 heteroatoms. The van der Waals surface area contributed by atoms with Gasteiger partial charge in [0.05, 0.1) is 35.5 Å². The summed E-state index contributed by atoms with van der Waals surface area (Å²) in [5.41, 5.74) is 3.36. The molecule has 2 aromatic heterocycles. The molecule has 0 fully saturated rings. The van der Waals surface area contributed by atoms with Crippen LogP contribution in [0.1, 0.15) is 16.4 Å². The molecule has 0 atom stereocenters. The van der Waals surface area contributed by atoms with E-state index in [1.54, 1.807) is 11.8 Å². The van der Waals surface area contributed by atoms with E-state index in [1.165, 1.54) is 11.3 Å². The first-order valence-electron chi connectivity index (χ1n) is 7.87. The Labute approximate surface area is 150 Å². The molecule has 1 amide bonds. The SMILES string of the molecule is COc1ccccc1-c1c(C)nn(C)c1NC(=O)Cc1csc(C)n1. The molecule has 0 bridgehead atoms. The van der Waals surface area contributed by atoms with Crippen LogP contribution in [0.25, 0.3) is 11.1 Å². The monoisotopic (exact) mass is 356 g/mol. The average Bonchev–Trinajstić information content (AvgIpc) is 3.10. The molecule has 1 aromatic carbocycles. The minimum atomic E-state index is -0.121. The minimum Gasteiger partial charge on any atom is -0.496 e. The van der Waals surface area contributed by atoms with Gasteiger partial charge in [-0.3, -0.25) is 9.48 Å². The number of hydrogen-bond donors (Lipinski definition) is 1. The van der Waals surface area contributed by atoms with E-state index in [2.05, 4.69) is 15.4 Å². The van der Waals surface area contributed by atoms with E-state index in [9.17, 15) is 4.79 Å². The van der Waals surface area contributed by atoms with Crippen molar-refractivity contribution in [3.05, 3.63) is 46.0 Å². The maximum absolute atomic E-state index is 12.5. The fourth-order valence-corrected chi connectivity index (χ4v) is 3.42. The summed E-state index contributed by atoms with van der Waals surface area (Å²) in [4.78, 5) is 16.8. The number of nitrogens with one attached hydrogen (secondary N) is 1. The molecule has 25 heavy (non-hydrogen) atoms. The quantitative estimate of drug-likeness (QED) is 0.761. The molecule has 0 radical (unpaired) electrons. The van der Waals surface area contributed by atoms with E-state index in [0.29, 0.717) is 5.82 Å². The zero-order valence-electron chi connectivity index (χ0n) is 14.7. The van der Waals surface area contributed by atoms with Gasteiger partial charge in [0.1, 0.15) is 11.6 Å².